The minimum absolute atomic E-state index is 0. The third kappa shape index (κ3) is 4.93. The van der Waals surface area contributed by atoms with Crippen LogP contribution in [-0.4, -0.2) is 48.4 Å². The highest BCUT2D eigenvalue weighted by Crippen LogP contribution is 2.22. The van der Waals surface area contributed by atoms with Crippen LogP contribution in [0.1, 0.15) is 11.3 Å². The minimum atomic E-state index is 0. The van der Waals surface area contributed by atoms with E-state index in [9.17, 15) is 4.79 Å². The van der Waals surface area contributed by atoms with E-state index in [1.54, 1.807) is 4.90 Å². The molecule has 1 atom stereocenters. The molecule has 108 valence electrons. The third-order valence-corrected chi connectivity index (χ3v) is 4.33. The summed E-state index contributed by atoms with van der Waals surface area (Å²) in [4.78, 5) is 17.0. The van der Waals surface area contributed by atoms with Crippen molar-refractivity contribution in [3.05, 3.63) is 21.3 Å². The molecule has 1 aromatic heterocycles. The number of thiophene rings is 1. The van der Waals surface area contributed by atoms with Gasteiger partial charge in [0.25, 0.3) is 0 Å². The zero-order chi connectivity index (χ0) is 13.1. The van der Waals surface area contributed by atoms with Crippen LogP contribution < -0.4 is 5.73 Å². The first kappa shape index (κ1) is 16.7. The van der Waals surface area contributed by atoms with Crippen LogP contribution in [0.4, 0.5) is 0 Å². The molecule has 19 heavy (non-hydrogen) atoms. The van der Waals surface area contributed by atoms with E-state index in [0.29, 0.717) is 13.1 Å². The number of halogens is 2. The molecular weight excluding hydrogens is 305 g/mol. The predicted octanol–water partition coefficient (Wildman–Crippen LogP) is 1.81. The fourth-order valence-corrected chi connectivity index (χ4v) is 3.22. The van der Waals surface area contributed by atoms with E-state index < -0.39 is 0 Å². The van der Waals surface area contributed by atoms with Gasteiger partial charge in [0.2, 0.25) is 5.91 Å². The number of hydrogen-bond donors (Lipinski definition) is 1. The Morgan fingerprint density at radius 3 is 2.89 bits per heavy atom. The second kappa shape index (κ2) is 7.45. The molecule has 2 rings (SSSR count). The Hall–Kier alpha value is -0.330. The molecule has 0 saturated carbocycles. The summed E-state index contributed by atoms with van der Waals surface area (Å²) in [6.45, 7) is 2.83. The van der Waals surface area contributed by atoms with Gasteiger partial charge < -0.3 is 10.6 Å². The zero-order valence-corrected chi connectivity index (χ0v) is 13.2. The van der Waals surface area contributed by atoms with E-state index in [2.05, 4.69) is 4.90 Å². The summed E-state index contributed by atoms with van der Waals surface area (Å²) < 4.78 is 0.761. The van der Waals surface area contributed by atoms with E-state index in [-0.39, 0.29) is 24.4 Å². The van der Waals surface area contributed by atoms with Crippen LogP contribution in [0.5, 0.6) is 0 Å². The van der Waals surface area contributed by atoms with Gasteiger partial charge in [-0.3, -0.25) is 9.69 Å². The zero-order valence-electron chi connectivity index (χ0n) is 10.8. The Kier molecular flexibility index (Phi) is 6.56. The number of nitrogens with zero attached hydrogens (tertiary/aromatic N) is 2. The first-order valence-electron chi connectivity index (χ1n) is 6.00. The lowest BCUT2D eigenvalue weighted by Crippen LogP contribution is -2.38. The average Bonchev–Trinajstić information content (AvgIpc) is 2.88. The van der Waals surface area contributed by atoms with E-state index in [1.807, 2.05) is 19.2 Å². The quantitative estimate of drug-likeness (QED) is 0.919. The van der Waals surface area contributed by atoms with E-state index in [0.717, 1.165) is 28.7 Å². The van der Waals surface area contributed by atoms with E-state index in [4.69, 9.17) is 17.3 Å². The summed E-state index contributed by atoms with van der Waals surface area (Å²) in [5, 5.41) is 0. The van der Waals surface area contributed by atoms with Gasteiger partial charge in [-0.2, -0.15) is 0 Å². The van der Waals surface area contributed by atoms with Gasteiger partial charge >= 0.3 is 0 Å². The number of likely N-dealkylation sites (N-methyl/N-ethyl adjacent to an activating group) is 1. The van der Waals surface area contributed by atoms with Gasteiger partial charge in [0.1, 0.15) is 0 Å². The summed E-state index contributed by atoms with van der Waals surface area (Å²) in [6, 6.07) is 4.04. The van der Waals surface area contributed by atoms with Crippen LogP contribution in [0.2, 0.25) is 4.34 Å². The lowest BCUT2D eigenvalue weighted by molar-refractivity contribution is -0.131. The van der Waals surface area contributed by atoms with Crippen molar-refractivity contribution in [2.75, 3.05) is 26.7 Å². The fraction of sp³-hybridized carbons (Fsp3) is 0.583. The Morgan fingerprint density at radius 1 is 1.63 bits per heavy atom. The first-order valence-corrected chi connectivity index (χ1v) is 7.20. The number of carbonyl (C=O) groups excluding carboxylic acids is 1. The van der Waals surface area contributed by atoms with E-state index >= 15 is 0 Å². The molecule has 0 unspecified atom stereocenters. The third-order valence-electron chi connectivity index (χ3n) is 3.12. The van der Waals surface area contributed by atoms with Crippen molar-refractivity contribution in [2.45, 2.75) is 19.0 Å². The lowest BCUT2D eigenvalue weighted by Gasteiger charge is -2.20. The standard InChI is InChI=1S/C12H18ClN3OS.ClH/c1-15(7-10-2-3-11(13)18-10)12(17)8-16-5-4-9(14)6-16;/h2-3,9H,4-8,14H2,1H3;1H/t9-;/m0./s1. The molecule has 0 spiro atoms. The molecular formula is C12H19Cl2N3OS. The summed E-state index contributed by atoms with van der Waals surface area (Å²) >= 11 is 7.38. The first-order chi connectivity index (χ1) is 8.54. The normalized spacial score (nSPS) is 19.2. The molecule has 0 radical (unpaired) electrons. The number of likely N-dealkylation sites (tertiary alicyclic amines) is 1. The fourth-order valence-electron chi connectivity index (χ4n) is 2.08. The average molecular weight is 324 g/mol. The summed E-state index contributed by atoms with van der Waals surface area (Å²) in [7, 11) is 1.83. The molecule has 7 heteroatoms. The molecule has 0 aliphatic carbocycles. The van der Waals surface area contributed by atoms with Crippen molar-refractivity contribution in [1.29, 1.82) is 0 Å². The highest BCUT2D eigenvalue weighted by atomic mass is 35.5. The smallest absolute Gasteiger partial charge is 0.236 e. The van der Waals surface area contributed by atoms with Crippen molar-refractivity contribution in [1.82, 2.24) is 9.80 Å². The van der Waals surface area contributed by atoms with Crippen LogP contribution >= 0.6 is 35.3 Å². The number of nitrogens with two attached hydrogens (primary N) is 1. The Balaban J connectivity index is 0.00000180. The second-order valence-electron chi connectivity index (χ2n) is 4.74. The van der Waals surface area contributed by atoms with Gasteiger partial charge in [0, 0.05) is 31.1 Å². The van der Waals surface area contributed by atoms with Crippen molar-refractivity contribution >= 4 is 41.3 Å². The number of hydrogen-bond acceptors (Lipinski definition) is 4. The predicted molar refractivity (Wildman–Crippen MR) is 82.1 cm³/mol. The van der Waals surface area contributed by atoms with Gasteiger partial charge in [0.15, 0.2) is 0 Å². The van der Waals surface area contributed by atoms with Crippen LogP contribution in [0, 0.1) is 0 Å². The van der Waals surface area contributed by atoms with Gasteiger partial charge in [-0.15, -0.1) is 23.7 Å². The van der Waals surface area contributed by atoms with Gasteiger partial charge in [-0.05, 0) is 18.6 Å². The highest BCUT2D eigenvalue weighted by molar-refractivity contribution is 7.16. The molecule has 0 bridgehead atoms. The minimum Gasteiger partial charge on any atom is -0.340 e. The molecule has 1 amide bonds. The Morgan fingerprint density at radius 2 is 2.37 bits per heavy atom. The maximum absolute atomic E-state index is 12.0. The largest absolute Gasteiger partial charge is 0.340 e. The van der Waals surface area contributed by atoms with Crippen LogP contribution in [0.25, 0.3) is 0 Å². The topological polar surface area (TPSA) is 49.6 Å². The lowest BCUT2D eigenvalue weighted by atomic mass is 10.3. The molecule has 1 saturated heterocycles. The molecule has 0 aromatic carbocycles. The van der Waals surface area contributed by atoms with Gasteiger partial charge in [-0.25, -0.2) is 0 Å². The van der Waals surface area contributed by atoms with Crippen LogP contribution in [0.15, 0.2) is 12.1 Å². The molecule has 1 aliphatic rings. The summed E-state index contributed by atoms with van der Waals surface area (Å²) in [5.41, 5.74) is 5.82. The molecule has 2 heterocycles. The Bertz CT molecular complexity index is 427. The molecule has 4 nitrogen and oxygen atoms in total. The molecule has 1 fully saturated rings. The van der Waals surface area contributed by atoms with Gasteiger partial charge in [0.05, 0.1) is 17.4 Å². The number of amides is 1. The van der Waals surface area contributed by atoms with Crippen molar-refractivity contribution in [2.24, 2.45) is 5.73 Å². The Labute approximate surface area is 128 Å². The van der Waals surface area contributed by atoms with Gasteiger partial charge in [-0.1, -0.05) is 11.6 Å². The summed E-state index contributed by atoms with van der Waals surface area (Å²) in [5.74, 6) is 0.133. The van der Waals surface area contributed by atoms with Crippen molar-refractivity contribution in [3.8, 4) is 0 Å². The number of rotatable bonds is 4. The summed E-state index contributed by atoms with van der Waals surface area (Å²) in [6.07, 6.45) is 0.984. The second-order valence-corrected chi connectivity index (χ2v) is 6.54. The van der Waals surface area contributed by atoms with Crippen molar-refractivity contribution < 1.29 is 4.79 Å². The molecule has 1 aromatic rings. The highest BCUT2D eigenvalue weighted by Gasteiger charge is 2.22. The SMILES string of the molecule is CN(Cc1ccc(Cl)s1)C(=O)CN1CC[C@H](N)C1.Cl. The molecule has 1 aliphatic heterocycles. The van der Waals surface area contributed by atoms with Crippen LogP contribution in [0.3, 0.4) is 0 Å². The monoisotopic (exact) mass is 323 g/mol. The van der Waals surface area contributed by atoms with E-state index in [1.165, 1.54) is 11.3 Å². The maximum Gasteiger partial charge on any atom is 0.236 e. The van der Waals surface area contributed by atoms with Crippen LogP contribution in [-0.2, 0) is 11.3 Å². The maximum atomic E-state index is 12.0. The van der Waals surface area contributed by atoms with Crippen molar-refractivity contribution in [3.63, 3.8) is 0 Å². The molecule has 2 N–H and O–H groups in total. The number of carbonyl (C=O) groups is 1.